The number of carbonyl (C=O) groups excluding carboxylic acids is 1. The van der Waals surface area contributed by atoms with Crippen molar-refractivity contribution in [2.24, 2.45) is 0 Å². The van der Waals surface area contributed by atoms with E-state index in [0.29, 0.717) is 11.4 Å². The number of hydrogen-bond donors (Lipinski definition) is 0. The van der Waals surface area contributed by atoms with Gasteiger partial charge >= 0.3 is 0 Å². The van der Waals surface area contributed by atoms with Crippen molar-refractivity contribution in [2.45, 2.75) is 0 Å². The van der Waals surface area contributed by atoms with Crippen LogP contribution in [0.2, 0.25) is 0 Å². The SMILES string of the molecule is O=C(c1ccoc1)N1CCN(CCCl)CC1. The second-order valence-corrected chi connectivity index (χ2v) is 4.21. The molecule has 0 saturated carbocycles. The Morgan fingerprint density at radius 2 is 2.12 bits per heavy atom. The number of furan rings is 1. The van der Waals surface area contributed by atoms with Crippen molar-refractivity contribution in [3.05, 3.63) is 24.2 Å². The van der Waals surface area contributed by atoms with Crippen LogP contribution in [0.1, 0.15) is 10.4 Å². The smallest absolute Gasteiger partial charge is 0.257 e. The van der Waals surface area contributed by atoms with Gasteiger partial charge in [-0.05, 0) is 6.07 Å². The number of hydrogen-bond acceptors (Lipinski definition) is 3. The van der Waals surface area contributed by atoms with Crippen LogP contribution in [0, 0.1) is 0 Å². The fourth-order valence-corrected chi connectivity index (χ4v) is 2.10. The van der Waals surface area contributed by atoms with Gasteiger partial charge in [0.1, 0.15) is 6.26 Å². The molecule has 0 N–H and O–H groups in total. The first kappa shape index (κ1) is 11.5. The molecule has 0 spiro atoms. The van der Waals surface area contributed by atoms with Crippen LogP contribution in [0.25, 0.3) is 0 Å². The van der Waals surface area contributed by atoms with Gasteiger partial charge < -0.3 is 9.32 Å². The van der Waals surface area contributed by atoms with E-state index in [1.54, 1.807) is 6.07 Å². The van der Waals surface area contributed by atoms with Crippen molar-refractivity contribution in [1.82, 2.24) is 9.80 Å². The van der Waals surface area contributed by atoms with Gasteiger partial charge in [-0.15, -0.1) is 11.6 Å². The minimum atomic E-state index is 0.0549. The molecule has 5 heteroatoms. The Bertz CT molecular complexity index is 332. The largest absolute Gasteiger partial charge is 0.472 e. The number of alkyl halides is 1. The molecule has 2 heterocycles. The lowest BCUT2D eigenvalue weighted by atomic mass is 10.2. The highest BCUT2D eigenvalue weighted by atomic mass is 35.5. The number of halogens is 1. The van der Waals surface area contributed by atoms with Gasteiger partial charge in [0.05, 0.1) is 11.8 Å². The normalized spacial score (nSPS) is 17.7. The first-order chi connectivity index (χ1) is 7.81. The molecule has 1 amide bonds. The zero-order chi connectivity index (χ0) is 11.4. The maximum Gasteiger partial charge on any atom is 0.257 e. The van der Waals surface area contributed by atoms with Gasteiger partial charge in [-0.25, -0.2) is 0 Å². The van der Waals surface area contributed by atoms with Gasteiger partial charge in [0.25, 0.3) is 5.91 Å². The highest BCUT2D eigenvalue weighted by Crippen LogP contribution is 2.09. The topological polar surface area (TPSA) is 36.7 Å². The molecular weight excluding hydrogens is 228 g/mol. The number of nitrogens with zero attached hydrogens (tertiary/aromatic N) is 2. The van der Waals surface area contributed by atoms with E-state index >= 15 is 0 Å². The summed E-state index contributed by atoms with van der Waals surface area (Å²) in [5.41, 5.74) is 0.630. The monoisotopic (exact) mass is 242 g/mol. The molecule has 4 nitrogen and oxygen atoms in total. The van der Waals surface area contributed by atoms with E-state index in [2.05, 4.69) is 4.90 Å². The zero-order valence-corrected chi connectivity index (χ0v) is 9.82. The molecule has 16 heavy (non-hydrogen) atoms. The third kappa shape index (κ3) is 2.57. The van der Waals surface area contributed by atoms with Crippen molar-refractivity contribution in [1.29, 1.82) is 0 Å². The summed E-state index contributed by atoms with van der Waals surface area (Å²) < 4.78 is 4.91. The number of piperazine rings is 1. The second-order valence-electron chi connectivity index (χ2n) is 3.83. The fourth-order valence-electron chi connectivity index (χ4n) is 1.86. The lowest BCUT2D eigenvalue weighted by molar-refractivity contribution is 0.0643. The van der Waals surface area contributed by atoms with Crippen molar-refractivity contribution < 1.29 is 9.21 Å². The second kappa shape index (κ2) is 5.37. The van der Waals surface area contributed by atoms with Crippen LogP contribution in [-0.2, 0) is 0 Å². The van der Waals surface area contributed by atoms with Gasteiger partial charge in [0.2, 0.25) is 0 Å². The van der Waals surface area contributed by atoms with Gasteiger partial charge in [-0.1, -0.05) is 0 Å². The summed E-state index contributed by atoms with van der Waals surface area (Å²) in [4.78, 5) is 16.1. The van der Waals surface area contributed by atoms with Crippen molar-refractivity contribution in [3.8, 4) is 0 Å². The van der Waals surface area contributed by atoms with Crippen LogP contribution in [0.3, 0.4) is 0 Å². The third-order valence-corrected chi connectivity index (χ3v) is 3.00. The van der Waals surface area contributed by atoms with Gasteiger partial charge in [0, 0.05) is 38.6 Å². The molecule has 1 aliphatic rings. The highest BCUT2D eigenvalue weighted by Gasteiger charge is 2.22. The van der Waals surface area contributed by atoms with Crippen molar-refractivity contribution in [3.63, 3.8) is 0 Å². The lowest BCUT2D eigenvalue weighted by Crippen LogP contribution is -2.49. The molecule has 0 aromatic carbocycles. The van der Waals surface area contributed by atoms with E-state index in [4.69, 9.17) is 16.0 Å². The molecule has 1 fully saturated rings. The quantitative estimate of drug-likeness (QED) is 0.750. The summed E-state index contributed by atoms with van der Waals surface area (Å²) in [5, 5.41) is 0. The fraction of sp³-hybridized carbons (Fsp3) is 0.545. The van der Waals surface area contributed by atoms with Crippen molar-refractivity contribution in [2.75, 3.05) is 38.6 Å². The zero-order valence-electron chi connectivity index (χ0n) is 9.06. The first-order valence-corrected chi connectivity index (χ1v) is 5.94. The minimum Gasteiger partial charge on any atom is -0.472 e. The number of carbonyl (C=O) groups is 1. The Hall–Kier alpha value is -1.00. The Morgan fingerprint density at radius 3 is 2.69 bits per heavy atom. The third-order valence-electron chi connectivity index (χ3n) is 2.83. The predicted molar refractivity (Wildman–Crippen MR) is 61.8 cm³/mol. The molecule has 1 aromatic heterocycles. The van der Waals surface area contributed by atoms with Crippen molar-refractivity contribution >= 4 is 17.5 Å². The maximum absolute atomic E-state index is 11.9. The van der Waals surface area contributed by atoms with E-state index in [-0.39, 0.29) is 5.91 Å². The number of amides is 1. The molecule has 0 atom stereocenters. The summed E-state index contributed by atoms with van der Waals surface area (Å²) in [6.07, 6.45) is 3.02. The first-order valence-electron chi connectivity index (χ1n) is 5.41. The van der Waals surface area contributed by atoms with E-state index in [0.717, 1.165) is 32.7 Å². The van der Waals surface area contributed by atoms with Gasteiger partial charge in [0.15, 0.2) is 0 Å². The molecule has 0 aliphatic carbocycles. The molecule has 0 unspecified atom stereocenters. The van der Waals surface area contributed by atoms with Crippen LogP contribution in [0.15, 0.2) is 23.0 Å². The summed E-state index contributed by atoms with van der Waals surface area (Å²) in [6, 6.07) is 1.70. The Labute approximate surface area is 99.8 Å². The van der Waals surface area contributed by atoms with Crippen LogP contribution in [-0.4, -0.2) is 54.3 Å². The molecule has 1 aliphatic heterocycles. The summed E-state index contributed by atoms with van der Waals surface area (Å²) in [7, 11) is 0. The molecule has 1 saturated heterocycles. The minimum absolute atomic E-state index is 0.0549. The average Bonchev–Trinajstić information content (AvgIpc) is 2.83. The van der Waals surface area contributed by atoms with Gasteiger partial charge in [-0.2, -0.15) is 0 Å². The Morgan fingerprint density at radius 1 is 1.38 bits per heavy atom. The van der Waals surface area contributed by atoms with E-state index in [9.17, 15) is 4.79 Å². The van der Waals surface area contributed by atoms with E-state index < -0.39 is 0 Å². The molecule has 88 valence electrons. The van der Waals surface area contributed by atoms with Crippen LogP contribution >= 0.6 is 11.6 Å². The molecule has 1 aromatic rings. The predicted octanol–water partition coefficient (Wildman–Crippen LogP) is 1.28. The standard InChI is InChI=1S/C11H15ClN2O2/c12-2-3-13-4-6-14(7-5-13)11(15)10-1-8-16-9-10/h1,8-9H,2-7H2. The average molecular weight is 243 g/mol. The molecular formula is C11H15ClN2O2. The molecule has 0 bridgehead atoms. The summed E-state index contributed by atoms with van der Waals surface area (Å²) in [6.45, 7) is 4.23. The Kier molecular flexibility index (Phi) is 3.85. The van der Waals surface area contributed by atoms with Crippen LogP contribution < -0.4 is 0 Å². The lowest BCUT2D eigenvalue weighted by Gasteiger charge is -2.34. The number of rotatable bonds is 3. The highest BCUT2D eigenvalue weighted by molar-refractivity contribution is 6.18. The summed E-state index contributed by atoms with van der Waals surface area (Å²) in [5.74, 6) is 0.703. The van der Waals surface area contributed by atoms with E-state index in [1.807, 2.05) is 4.90 Å². The van der Waals surface area contributed by atoms with E-state index in [1.165, 1.54) is 12.5 Å². The summed E-state index contributed by atoms with van der Waals surface area (Å²) >= 11 is 5.68. The molecule has 0 radical (unpaired) electrons. The Balaban J connectivity index is 1.87. The molecule has 2 rings (SSSR count). The van der Waals surface area contributed by atoms with Crippen LogP contribution in [0.5, 0.6) is 0 Å². The maximum atomic E-state index is 11.9. The van der Waals surface area contributed by atoms with Crippen LogP contribution in [0.4, 0.5) is 0 Å². The van der Waals surface area contributed by atoms with Gasteiger partial charge in [-0.3, -0.25) is 9.69 Å².